The summed E-state index contributed by atoms with van der Waals surface area (Å²) in [5, 5.41) is 3.49. The van der Waals surface area contributed by atoms with Crippen molar-refractivity contribution in [3.8, 4) is 22.6 Å². The summed E-state index contributed by atoms with van der Waals surface area (Å²) in [4.78, 5) is 4.64. The van der Waals surface area contributed by atoms with Crippen molar-refractivity contribution in [3.05, 3.63) is 103 Å². The molecular weight excluding hydrogens is 344 g/mol. The molecule has 0 amide bonds. The highest BCUT2D eigenvalue weighted by Gasteiger charge is 2.11. The van der Waals surface area contributed by atoms with Crippen LogP contribution in [0.3, 0.4) is 0 Å². The lowest BCUT2D eigenvalue weighted by molar-refractivity contribution is 0.621. The van der Waals surface area contributed by atoms with Crippen LogP contribution in [0, 0.1) is 0 Å². The fourth-order valence-electron chi connectivity index (χ4n) is 3.31. The lowest BCUT2D eigenvalue weighted by Crippen LogP contribution is -1.91. The Hall–Kier alpha value is -3.85. The Bertz CT molecular complexity index is 1230. The maximum Gasteiger partial charge on any atom is 0.227 e. The zero-order chi connectivity index (χ0) is 18.8. The average Bonchev–Trinajstić information content (AvgIpc) is 3.21. The summed E-state index contributed by atoms with van der Waals surface area (Å²) in [7, 11) is 0. The molecule has 0 aliphatic carbocycles. The van der Waals surface area contributed by atoms with Gasteiger partial charge in [-0.15, -0.1) is 0 Å². The van der Waals surface area contributed by atoms with Crippen LogP contribution in [0.2, 0.25) is 0 Å². The summed E-state index contributed by atoms with van der Waals surface area (Å²) in [6, 6.07) is 34.7. The van der Waals surface area contributed by atoms with Gasteiger partial charge in [-0.3, -0.25) is 0 Å². The second-order valence-electron chi connectivity index (χ2n) is 6.61. The van der Waals surface area contributed by atoms with Crippen LogP contribution in [0.15, 0.2) is 108 Å². The second-order valence-corrected chi connectivity index (χ2v) is 6.61. The van der Waals surface area contributed by atoms with E-state index in [9.17, 15) is 0 Å². The number of oxazole rings is 1. The normalized spacial score (nSPS) is 10.9. The molecule has 0 fully saturated rings. The predicted octanol–water partition coefficient (Wildman–Crippen LogP) is 6.91. The average molecular weight is 362 g/mol. The lowest BCUT2D eigenvalue weighted by Gasteiger charge is -2.09. The number of hydrogen-bond acceptors (Lipinski definition) is 3. The molecule has 0 radical (unpaired) electrons. The number of aromatic nitrogens is 1. The van der Waals surface area contributed by atoms with E-state index < -0.39 is 0 Å². The molecule has 0 aliphatic rings. The molecule has 0 atom stereocenters. The third kappa shape index (κ3) is 3.14. The Labute approximate surface area is 163 Å². The van der Waals surface area contributed by atoms with Crippen molar-refractivity contribution in [2.24, 2.45) is 0 Å². The molecule has 0 bridgehead atoms. The standard InChI is InChI=1S/C25H18N2O/c1-3-9-18(10-4-1)20-13-7-14-21(17-20)26-22-15-8-16-23-24(22)28-25(27-23)19-11-5-2-6-12-19/h1-17,26H. The largest absolute Gasteiger partial charge is 0.434 e. The van der Waals surface area contributed by atoms with E-state index in [2.05, 4.69) is 58.8 Å². The number of fused-ring (bicyclic) bond motifs is 1. The van der Waals surface area contributed by atoms with Crippen LogP contribution < -0.4 is 5.32 Å². The zero-order valence-electron chi connectivity index (χ0n) is 15.2. The summed E-state index contributed by atoms with van der Waals surface area (Å²) in [5.41, 5.74) is 6.82. The van der Waals surface area contributed by atoms with E-state index in [1.807, 2.05) is 54.6 Å². The van der Waals surface area contributed by atoms with E-state index in [1.54, 1.807) is 0 Å². The maximum atomic E-state index is 6.10. The number of benzene rings is 4. The topological polar surface area (TPSA) is 38.1 Å². The molecule has 5 rings (SSSR count). The first-order valence-electron chi connectivity index (χ1n) is 9.24. The summed E-state index contributed by atoms with van der Waals surface area (Å²) >= 11 is 0. The van der Waals surface area contributed by atoms with Gasteiger partial charge in [-0.25, -0.2) is 4.98 Å². The van der Waals surface area contributed by atoms with Gasteiger partial charge in [-0.2, -0.15) is 0 Å². The molecule has 5 aromatic rings. The maximum absolute atomic E-state index is 6.10. The fourth-order valence-corrected chi connectivity index (χ4v) is 3.31. The minimum Gasteiger partial charge on any atom is -0.434 e. The molecule has 1 aromatic heterocycles. The molecule has 4 aromatic carbocycles. The van der Waals surface area contributed by atoms with Crippen LogP contribution in [0.25, 0.3) is 33.7 Å². The molecule has 0 spiro atoms. The van der Waals surface area contributed by atoms with Crippen molar-refractivity contribution in [2.75, 3.05) is 5.32 Å². The quantitative estimate of drug-likeness (QED) is 0.378. The van der Waals surface area contributed by atoms with Gasteiger partial charge in [-0.05, 0) is 47.5 Å². The van der Waals surface area contributed by atoms with Crippen LogP contribution >= 0.6 is 0 Å². The Morgan fingerprint density at radius 3 is 2.07 bits per heavy atom. The molecule has 0 aliphatic heterocycles. The summed E-state index contributed by atoms with van der Waals surface area (Å²) in [6.07, 6.45) is 0. The minimum absolute atomic E-state index is 0.628. The fraction of sp³-hybridized carbons (Fsp3) is 0. The summed E-state index contributed by atoms with van der Waals surface area (Å²) in [6.45, 7) is 0. The van der Waals surface area contributed by atoms with E-state index in [0.717, 1.165) is 28.0 Å². The van der Waals surface area contributed by atoms with Gasteiger partial charge >= 0.3 is 0 Å². The van der Waals surface area contributed by atoms with Gasteiger partial charge in [0.05, 0.1) is 5.69 Å². The number of nitrogens with one attached hydrogen (secondary N) is 1. The Balaban J connectivity index is 1.51. The first-order valence-corrected chi connectivity index (χ1v) is 9.24. The van der Waals surface area contributed by atoms with E-state index in [-0.39, 0.29) is 0 Å². The molecule has 28 heavy (non-hydrogen) atoms. The summed E-state index contributed by atoms with van der Waals surface area (Å²) < 4.78 is 6.10. The highest BCUT2D eigenvalue weighted by atomic mass is 16.3. The van der Waals surface area contributed by atoms with Gasteiger partial charge < -0.3 is 9.73 Å². The molecular formula is C25H18N2O. The Kier molecular flexibility index (Phi) is 4.11. The van der Waals surface area contributed by atoms with Gasteiger partial charge in [0.25, 0.3) is 0 Å². The lowest BCUT2D eigenvalue weighted by atomic mass is 10.1. The molecule has 1 heterocycles. The minimum atomic E-state index is 0.628. The molecule has 0 saturated heterocycles. The molecule has 3 heteroatoms. The zero-order valence-corrected chi connectivity index (χ0v) is 15.2. The number of hydrogen-bond donors (Lipinski definition) is 1. The first-order chi connectivity index (χ1) is 13.9. The van der Waals surface area contributed by atoms with E-state index >= 15 is 0 Å². The van der Waals surface area contributed by atoms with Crippen LogP contribution in [0.1, 0.15) is 0 Å². The van der Waals surface area contributed by atoms with Crippen molar-refractivity contribution >= 4 is 22.5 Å². The SMILES string of the molecule is c1ccc(-c2cccc(Nc3cccc4nc(-c5ccccc5)oc34)c2)cc1. The van der Waals surface area contributed by atoms with Crippen LogP contribution in [-0.4, -0.2) is 4.98 Å². The van der Waals surface area contributed by atoms with Crippen molar-refractivity contribution in [2.45, 2.75) is 0 Å². The van der Waals surface area contributed by atoms with Gasteiger partial charge in [0.2, 0.25) is 5.89 Å². The van der Waals surface area contributed by atoms with E-state index in [4.69, 9.17) is 4.42 Å². The van der Waals surface area contributed by atoms with Crippen LogP contribution in [0.4, 0.5) is 11.4 Å². The second kappa shape index (κ2) is 7.05. The number of anilines is 2. The van der Waals surface area contributed by atoms with Crippen molar-refractivity contribution in [3.63, 3.8) is 0 Å². The molecule has 3 nitrogen and oxygen atoms in total. The number of rotatable bonds is 4. The highest BCUT2D eigenvalue weighted by molar-refractivity contribution is 5.90. The molecule has 0 saturated carbocycles. The Morgan fingerprint density at radius 1 is 0.607 bits per heavy atom. The molecule has 0 unspecified atom stereocenters. The predicted molar refractivity (Wildman–Crippen MR) is 115 cm³/mol. The monoisotopic (exact) mass is 362 g/mol. The van der Waals surface area contributed by atoms with Crippen molar-refractivity contribution < 1.29 is 4.42 Å². The van der Waals surface area contributed by atoms with E-state index in [1.165, 1.54) is 11.1 Å². The van der Waals surface area contributed by atoms with Crippen molar-refractivity contribution in [1.82, 2.24) is 4.98 Å². The van der Waals surface area contributed by atoms with Gasteiger partial charge in [0.15, 0.2) is 5.58 Å². The van der Waals surface area contributed by atoms with Gasteiger partial charge in [0, 0.05) is 11.3 Å². The molecule has 134 valence electrons. The number of nitrogens with zero attached hydrogens (tertiary/aromatic N) is 1. The first kappa shape index (κ1) is 16.3. The van der Waals surface area contributed by atoms with Crippen molar-refractivity contribution in [1.29, 1.82) is 0 Å². The smallest absolute Gasteiger partial charge is 0.227 e. The van der Waals surface area contributed by atoms with Gasteiger partial charge in [0.1, 0.15) is 5.52 Å². The third-order valence-electron chi connectivity index (χ3n) is 4.68. The van der Waals surface area contributed by atoms with E-state index in [0.29, 0.717) is 5.89 Å². The van der Waals surface area contributed by atoms with Gasteiger partial charge in [-0.1, -0.05) is 66.7 Å². The molecule has 1 N–H and O–H groups in total. The van der Waals surface area contributed by atoms with Crippen LogP contribution in [-0.2, 0) is 0 Å². The highest BCUT2D eigenvalue weighted by Crippen LogP contribution is 2.32. The van der Waals surface area contributed by atoms with Crippen LogP contribution in [0.5, 0.6) is 0 Å². The summed E-state index contributed by atoms with van der Waals surface area (Å²) in [5.74, 6) is 0.628. The third-order valence-corrected chi connectivity index (χ3v) is 4.68. The Morgan fingerprint density at radius 2 is 1.29 bits per heavy atom. The number of para-hydroxylation sites is 1.